The summed E-state index contributed by atoms with van der Waals surface area (Å²) in [4.78, 5) is 22.3. The highest BCUT2D eigenvalue weighted by molar-refractivity contribution is 5.82. The number of hydrogen-bond acceptors (Lipinski definition) is 3. The molecule has 0 saturated carbocycles. The highest BCUT2D eigenvalue weighted by Crippen LogP contribution is 2.12. The lowest BCUT2D eigenvalue weighted by atomic mass is 10.1. The predicted molar refractivity (Wildman–Crippen MR) is 202 cm³/mol. The maximum atomic E-state index is 12.8. The van der Waals surface area contributed by atoms with Crippen molar-refractivity contribution in [1.82, 2.24) is 14.9 Å². The second-order valence-electron chi connectivity index (χ2n) is 13.2. The number of imidazole rings is 1. The average molecular weight is 636 g/mol. The van der Waals surface area contributed by atoms with Crippen LogP contribution >= 0.6 is 0 Å². The second kappa shape index (κ2) is 34.1. The molecule has 4 heteroatoms. The SMILES string of the molecule is CCCCC/C=C\C/C=C\CCCCCCCCN(CCCCCCCC/C=C\C/C=C\CCCCC)CC(=O)Cc1cnc[nH]1. The Labute approximate surface area is 285 Å². The molecule has 0 atom stereocenters. The minimum absolute atomic E-state index is 0.296. The Morgan fingerprint density at radius 1 is 0.587 bits per heavy atom. The Balaban J connectivity index is 2.13. The van der Waals surface area contributed by atoms with Crippen LogP contribution in [0.3, 0.4) is 0 Å². The summed E-state index contributed by atoms with van der Waals surface area (Å²) in [5, 5.41) is 0. The highest BCUT2D eigenvalue weighted by atomic mass is 16.1. The monoisotopic (exact) mass is 636 g/mol. The zero-order valence-electron chi connectivity index (χ0n) is 30.4. The molecule has 0 fully saturated rings. The summed E-state index contributed by atoms with van der Waals surface area (Å²) in [5.41, 5.74) is 0.924. The van der Waals surface area contributed by atoms with Gasteiger partial charge in [-0.05, 0) is 90.1 Å². The lowest BCUT2D eigenvalue weighted by Crippen LogP contribution is -2.32. The van der Waals surface area contributed by atoms with E-state index in [9.17, 15) is 4.79 Å². The molecule has 262 valence electrons. The molecule has 0 aliphatic heterocycles. The molecule has 1 rings (SSSR count). The van der Waals surface area contributed by atoms with Crippen molar-refractivity contribution in [3.63, 3.8) is 0 Å². The normalized spacial score (nSPS) is 12.3. The van der Waals surface area contributed by atoms with Crippen molar-refractivity contribution in [3.8, 4) is 0 Å². The molecule has 1 aromatic rings. The van der Waals surface area contributed by atoms with Gasteiger partial charge in [0, 0.05) is 18.3 Å². The van der Waals surface area contributed by atoms with Gasteiger partial charge in [0.05, 0.1) is 12.9 Å². The zero-order valence-corrected chi connectivity index (χ0v) is 30.4. The molecule has 1 aromatic heterocycles. The van der Waals surface area contributed by atoms with Crippen LogP contribution in [0.4, 0.5) is 0 Å². The minimum Gasteiger partial charge on any atom is -0.348 e. The first kappa shape index (κ1) is 41.8. The van der Waals surface area contributed by atoms with Crippen LogP contribution in [-0.4, -0.2) is 40.3 Å². The largest absolute Gasteiger partial charge is 0.348 e. The van der Waals surface area contributed by atoms with Crippen LogP contribution in [0, 0.1) is 0 Å². The molecule has 46 heavy (non-hydrogen) atoms. The molecule has 0 radical (unpaired) electrons. The fraction of sp³-hybridized carbons (Fsp3) is 0.714. The number of nitrogens with zero attached hydrogens (tertiary/aromatic N) is 2. The number of H-pyrrole nitrogens is 1. The number of Topliss-reactive ketones (excluding diaryl/α,β-unsaturated/α-hetero) is 1. The van der Waals surface area contributed by atoms with Gasteiger partial charge in [-0.15, -0.1) is 0 Å². The molecule has 0 saturated heterocycles. The third-order valence-electron chi connectivity index (χ3n) is 8.69. The molecule has 0 aromatic carbocycles. The van der Waals surface area contributed by atoms with E-state index in [1.807, 2.05) is 0 Å². The Morgan fingerprint density at radius 2 is 1.00 bits per heavy atom. The summed E-state index contributed by atoms with van der Waals surface area (Å²) in [6.07, 6.45) is 53.1. The van der Waals surface area contributed by atoms with Crippen LogP contribution < -0.4 is 0 Å². The summed E-state index contributed by atoms with van der Waals surface area (Å²) < 4.78 is 0. The van der Waals surface area contributed by atoms with Crippen molar-refractivity contribution in [2.24, 2.45) is 0 Å². The van der Waals surface area contributed by atoms with Gasteiger partial charge in [-0.1, -0.05) is 140 Å². The number of carbonyl (C=O) groups excluding carboxylic acids is 1. The van der Waals surface area contributed by atoms with Gasteiger partial charge in [0.25, 0.3) is 0 Å². The fourth-order valence-electron chi connectivity index (χ4n) is 5.82. The van der Waals surface area contributed by atoms with Crippen LogP contribution in [-0.2, 0) is 11.2 Å². The third-order valence-corrected chi connectivity index (χ3v) is 8.69. The second-order valence-corrected chi connectivity index (χ2v) is 13.2. The van der Waals surface area contributed by atoms with Crippen molar-refractivity contribution in [2.75, 3.05) is 19.6 Å². The van der Waals surface area contributed by atoms with E-state index in [4.69, 9.17) is 0 Å². The average Bonchev–Trinajstić information content (AvgIpc) is 3.57. The molecular weight excluding hydrogens is 562 g/mol. The number of hydrogen-bond donors (Lipinski definition) is 1. The van der Waals surface area contributed by atoms with Crippen molar-refractivity contribution < 1.29 is 4.79 Å². The van der Waals surface area contributed by atoms with E-state index in [-0.39, 0.29) is 0 Å². The van der Waals surface area contributed by atoms with E-state index >= 15 is 0 Å². The van der Waals surface area contributed by atoms with Crippen molar-refractivity contribution in [2.45, 2.75) is 174 Å². The molecule has 0 unspecified atom stereocenters. The van der Waals surface area contributed by atoms with Crippen molar-refractivity contribution >= 4 is 5.78 Å². The quantitative estimate of drug-likeness (QED) is 0.0605. The summed E-state index contributed by atoms with van der Waals surface area (Å²) in [7, 11) is 0. The van der Waals surface area contributed by atoms with E-state index in [1.54, 1.807) is 12.5 Å². The number of carbonyl (C=O) groups is 1. The number of rotatable bonds is 34. The van der Waals surface area contributed by atoms with Crippen LogP contribution in [0.15, 0.2) is 61.1 Å². The third kappa shape index (κ3) is 29.2. The summed E-state index contributed by atoms with van der Waals surface area (Å²) in [5.74, 6) is 0.296. The van der Waals surface area contributed by atoms with Crippen LogP contribution in [0.1, 0.15) is 174 Å². The molecule has 1 heterocycles. The topological polar surface area (TPSA) is 49.0 Å². The Hall–Kier alpha value is -2.20. The Kier molecular flexibility index (Phi) is 31.0. The standard InChI is InChI=1S/C42H73N3O/c1-3-5-7-9-11-13-15-17-19-21-23-25-27-29-31-33-35-45(39-42(46)37-41-38-43-40-44-41)36-34-32-30-28-26-24-22-20-18-16-14-12-10-8-6-4-2/h11-14,17-20,38,40H,3-10,15-16,21-37,39H2,1-2H3,(H,43,44)/b13-11-,14-12-,19-17-,20-18-. The number of nitrogens with one attached hydrogen (secondary N) is 1. The molecule has 0 aliphatic carbocycles. The summed E-state index contributed by atoms with van der Waals surface area (Å²) in [6, 6.07) is 0. The van der Waals surface area contributed by atoms with Gasteiger partial charge in [-0.2, -0.15) is 0 Å². The molecule has 0 aliphatic rings. The zero-order chi connectivity index (χ0) is 33.0. The first-order valence-corrected chi connectivity index (χ1v) is 19.6. The maximum Gasteiger partial charge on any atom is 0.152 e. The number of unbranched alkanes of at least 4 members (excludes halogenated alkanes) is 18. The lowest BCUT2D eigenvalue weighted by molar-refractivity contribution is -0.119. The molecule has 0 spiro atoms. The molecule has 4 nitrogen and oxygen atoms in total. The molecule has 0 bridgehead atoms. The van der Waals surface area contributed by atoms with Gasteiger partial charge in [0.15, 0.2) is 5.78 Å². The number of aromatic amines is 1. The van der Waals surface area contributed by atoms with Crippen LogP contribution in [0.25, 0.3) is 0 Å². The summed E-state index contributed by atoms with van der Waals surface area (Å²) >= 11 is 0. The van der Waals surface area contributed by atoms with E-state index < -0.39 is 0 Å². The van der Waals surface area contributed by atoms with Crippen LogP contribution in [0.2, 0.25) is 0 Å². The van der Waals surface area contributed by atoms with E-state index in [1.165, 1.54) is 141 Å². The van der Waals surface area contributed by atoms with Crippen molar-refractivity contribution in [1.29, 1.82) is 0 Å². The molecule has 1 N–H and O–H groups in total. The number of aromatic nitrogens is 2. The smallest absolute Gasteiger partial charge is 0.152 e. The maximum absolute atomic E-state index is 12.8. The Bertz CT molecular complexity index is 835. The van der Waals surface area contributed by atoms with Gasteiger partial charge >= 0.3 is 0 Å². The lowest BCUT2D eigenvalue weighted by Gasteiger charge is -2.21. The van der Waals surface area contributed by atoms with Gasteiger partial charge in [-0.3, -0.25) is 9.69 Å². The van der Waals surface area contributed by atoms with Gasteiger partial charge in [0.1, 0.15) is 0 Å². The Morgan fingerprint density at radius 3 is 1.41 bits per heavy atom. The number of allylic oxidation sites excluding steroid dienone is 8. The van der Waals surface area contributed by atoms with E-state index in [0.717, 1.165) is 31.6 Å². The van der Waals surface area contributed by atoms with E-state index in [0.29, 0.717) is 18.7 Å². The van der Waals surface area contributed by atoms with Crippen molar-refractivity contribution in [3.05, 3.63) is 66.8 Å². The first-order valence-electron chi connectivity index (χ1n) is 19.6. The van der Waals surface area contributed by atoms with Gasteiger partial charge < -0.3 is 4.98 Å². The fourth-order valence-corrected chi connectivity index (χ4v) is 5.82. The van der Waals surface area contributed by atoms with Gasteiger partial charge in [0.2, 0.25) is 0 Å². The predicted octanol–water partition coefficient (Wildman–Crippen LogP) is 12.5. The minimum atomic E-state index is 0.296. The molecule has 0 amide bonds. The first-order chi connectivity index (χ1) is 22.8. The molecular formula is C42H73N3O. The summed E-state index contributed by atoms with van der Waals surface area (Å²) in [6.45, 7) is 7.18. The van der Waals surface area contributed by atoms with E-state index in [2.05, 4.69) is 77.3 Å². The highest BCUT2D eigenvalue weighted by Gasteiger charge is 2.12. The van der Waals surface area contributed by atoms with Crippen LogP contribution in [0.5, 0.6) is 0 Å². The number of ketones is 1. The van der Waals surface area contributed by atoms with Gasteiger partial charge in [-0.25, -0.2) is 4.98 Å².